The van der Waals surface area contributed by atoms with E-state index >= 15 is 4.39 Å². The standard InChI is InChI=1S/C26H26ClFN6O4S2.C22H15ClFN5O5S2.C21H15ClFN5O4S2.C19H16ClN7O4S2/c27-23-8-9-24(39-23)40(37,38)32-26(36)31-18-5-7-22(20(28)14-18)34-16-30-21-15-17(4-6-19(21)25(34)35)29-10-13-33-11-2-1-3-12-33;23-18-5-6-19(35-18)36(32,33)28-22(31)27-13-2-4-17(15(24)10-13)29-11-26-16-9-12(20-25-7-8-34-20)1-3-14(16)21(29)30;22-18-3-4-19(33-18)34(31,32)27-21(30)26-12-1-2-17(14(23)8-12)28-10-25-16-9-15-11(5-6-24-15)7-13(16)20(28)29;1-21-12-4-2-11(3-5-12)13-8-17(28)27(25-13)16-10-22-15(9-23-16)24-19(29)26-33(30,31)18-7-6-14(20)32-18/h4-9,14-16,29H,1-3,10-13H2,(H2,31,32,36);1-6,9-11H,7-8H2,(H2,27,28,31);1-4,7-10,24H,5-6H2,(H2,26,27,30);2-7,9-10,21H,8H2,1H3,(H2,22,24,26,29). The number of anilines is 8. The predicted octanol–water partition coefficient (Wildman–Crippen LogP) is 14.8. The fourth-order valence-electron chi connectivity index (χ4n) is 14.5. The Morgan fingerprint density at radius 2 is 0.895 bits per heavy atom. The van der Waals surface area contributed by atoms with Gasteiger partial charge < -0.3 is 41.5 Å². The van der Waals surface area contributed by atoms with Gasteiger partial charge in [-0.1, -0.05) is 65.0 Å². The number of hydrogen-bond donors (Lipinski definition) is 11. The highest BCUT2D eigenvalue weighted by Crippen LogP contribution is 2.34. The number of benzene rings is 7. The average molecular weight is 2180 g/mol. The molecule has 40 nitrogen and oxygen atoms in total. The Morgan fingerprint density at radius 1 is 0.462 bits per heavy atom. The molecule has 0 saturated carbocycles. The first-order chi connectivity index (χ1) is 68.4. The molecule has 4 aliphatic heterocycles. The maximum absolute atomic E-state index is 15.0. The van der Waals surface area contributed by atoms with Crippen LogP contribution in [0.3, 0.4) is 0 Å². The summed E-state index contributed by atoms with van der Waals surface area (Å²) in [4.78, 5) is 128. The van der Waals surface area contributed by atoms with Gasteiger partial charge in [-0.05, 0) is 207 Å². The van der Waals surface area contributed by atoms with Crippen LogP contribution in [0.2, 0.25) is 17.3 Å². The van der Waals surface area contributed by atoms with E-state index in [4.69, 9.17) is 51.1 Å². The lowest BCUT2D eigenvalue weighted by molar-refractivity contribution is -0.117. The van der Waals surface area contributed by atoms with Crippen molar-refractivity contribution in [1.29, 1.82) is 0 Å². The van der Waals surface area contributed by atoms with E-state index in [0.717, 1.165) is 150 Å². The Labute approximate surface area is 844 Å². The Hall–Kier alpha value is -14.4. The van der Waals surface area contributed by atoms with Crippen LogP contribution in [0.1, 0.15) is 42.4 Å². The van der Waals surface area contributed by atoms with Gasteiger partial charge in [-0.15, -0.1) is 45.3 Å². The van der Waals surface area contributed by atoms with Gasteiger partial charge in [0.15, 0.2) is 11.6 Å². The molecule has 15 aromatic rings. The quantitative estimate of drug-likeness (QED) is 0.0283. The molecule has 4 aliphatic rings. The second kappa shape index (κ2) is 43.6. The van der Waals surface area contributed by atoms with E-state index in [2.05, 4.69) is 77.1 Å². The van der Waals surface area contributed by atoms with E-state index in [0.29, 0.717) is 57.6 Å². The minimum atomic E-state index is -4.15. The summed E-state index contributed by atoms with van der Waals surface area (Å²) in [5.41, 5.74) is 5.48. The number of sulfonamides is 4. The third-order valence-electron chi connectivity index (χ3n) is 21.2. The number of thiophene rings is 4. The van der Waals surface area contributed by atoms with E-state index in [-0.39, 0.29) is 97.7 Å². The molecule has 143 heavy (non-hydrogen) atoms. The summed E-state index contributed by atoms with van der Waals surface area (Å²) in [6, 6.07) is 38.3. The van der Waals surface area contributed by atoms with Crippen LogP contribution in [0.25, 0.3) is 49.8 Å². The third kappa shape index (κ3) is 24.5. The summed E-state index contributed by atoms with van der Waals surface area (Å²) in [5, 5.41) is 25.1. The Bertz CT molecular complexity index is 8330. The zero-order chi connectivity index (χ0) is 101. The highest BCUT2D eigenvalue weighted by Gasteiger charge is 2.31. The van der Waals surface area contributed by atoms with E-state index in [9.17, 15) is 80.8 Å². The van der Waals surface area contributed by atoms with Crippen molar-refractivity contribution in [3.63, 3.8) is 0 Å². The zero-order valence-electron chi connectivity index (χ0n) is 73.3. The van der Waals surface area contributed by atoms with Gasteiger partial charge in [-0.25, -0.2) is 115 Å². The number of likely N-dealkylation sites (tertiary alicyclic amines) is 1. The van der Waals surface area contributed by atoms with E-state index in [1.165, 1.54) is 136 Å². The molecule has 0 atom stereocenters. The second-order valence-corrected chi connectivity index (χ2v) is 45.3. The summed E-state index contributed by atoms with van der Waals surface area (Å²) in [7, 11) is -14.7. The lowest BCUT2D eigenvalue weighted by Gasteiger charge is -2.26. The SMILES string of the molecule is CNc1ccc(C2=NN(c3cnc(NC(=O)NS(=O)(=O)c4ccc(Cl)s4)cn3)C(=O)C2)cc1.O=C(Nc1ccc(-n2cnc3cc(C4=NCCO4)ccc3c2=O)c(F)c1)NS(=O)(=O)c1ccc(Cl)s1.O=C(Nc1ccc(-n2cnc3cc(NCCN4CCCCC4)ccc3c2=O)c(F)c1)NS(=O)(=O)c1ccc(Cl)s1.O=C(Nc1ccc(-n2cnc3cc4c(cc3c2=O)CCN4)c(F)c1)NS(=O)(=O)c1ccc(Cl)s1. The van der Waals surface area contributed by atoms with Crippen molar-refractivity contribution < 1.29 is 75.6 Å². The van der Waals surface area contributed by atoms with Gasteiger partial charge in [0, 0.05) is 66.4 Å². The number of piperidine rings is 1. The maximum atomic E-state index is 15.0. The van der Waals surface area contributed by atoms with Crippen molar-refractivity contribution in [1.82, 2.24) is 62.4 Å². The van der Waals surface area contributed by atoms with E-state index < -0.39 is 98.3 Å². The van der Waals surface area contributed by atoms with Gasteiger partial charge in [0.1, 0.15) is 59.9 Å². The normalized spacial score (nSPS) is 13.5. The van der Waals surface area contributed by atoms with Crippen LogP contribution >= 0.6 is 91.8 Å². The van der Waals surface area contributed by atoms with Gasteiger partial charge in [0.25, 0.3) is 62.7 Å². The van der Waals surface area contributed by atoms with Crippen molar-refractivity contribution >= 4 is 252 Å². The number of urea groups is 4. The van der Waals surface area contributed by atoms with Crippen LogP contribution in [0.5, 0.6) is 0 Å². The number of rotatable bonds is 23. The number of aliphatic imine (C=N–C) groups is 1. The number of hydrogen-bond acceptors (Lipinski definition) is 32. The second-order valence-electron chi connectivity index (χ2n) is 30.8. The van der Waals surface area contributed by atoms with E-state index in [1.54, 1.807) is 48.5 Å². The molecule has 1 fully saturated rings. The minimum Gasteiger partial charge on any atom is -0.476 e. The number of carbonyl (C=O) groups excluding carboxylic acids is 5. The van der Waals surface area contributed by atoms with Crippen LogP contribution in [-0.2, 0) is 56.0 Å². The van der Waals surface area contributed by atoms with Crippen LogP contribution in [0.4, 0.5) is 78.1 Å². The number of hydrazone groups is 1. The molecule has 0 radical (unpaired) electrons. The highest BCUT2D eigenvalue weighted by molar-refractivity contribution is 7.93. The number of halogens is 7. The van der Waals surface area contributed by atoms with Gasteiger partial charge in [0.2, 0.25) is 5.90 Å². The molecule has 0 unspecified atom stereocenters. The fourth-order valence-corrected chi connectivity index (χ4v) is 24.0. The van der Waals surface area contributed by atoms with Gasteiger partial charge in [-0.3, -0.25) is 38.2 Å². The molecule has 0 spiro atoms. The summed E-state index contributed by atoms with van der Waals surface area (Å²) in [6.07, 6.45) is 10.8. The van der Waals surface area contributed by atoms with Gasteiger partial charge >= 0.3 is 24.1 Å². The smallest absolute Gasteiger partial charge is 0.334 e. The molecule has 738 valence electrons. The number of amides is 9. The Kier molecular flexibility index (Phi) is 31.0. The number of fused-ring (bicyclic) bond motifs is 4. The highest BCUT2D eigenvalue weighted by atomic mass is 35.5. The fraction of sp³-hybridized carbons (Fsp3) is 0.148. The van der Waals surface area contributed by atoms with E-state index in [1.807, 2.05) is 50.2 Å². The van der Waals surface area contributed by atoms with Crippen LogP contribution in [-0.4, -0.2) is 172 Å². The largest absolute Gasteiger partial charge is 0.476 e. The first kappa shape index (κ1) is 102. The Morgan fingerprint density at radius 3 is 1.33 bits per heavy atom. The summed E-state index contributed by atoms with van der Waals surface area (Å²) in [6.45, 7) is 5.79. The molecule has 0 bridgehead atoms. The molecule has 1 saturated heterocycles. The van der Waals surface area contributed by atoms with Gasteiger partial charge in [-0.2, -0.15) is 10.1 Å². The van der Waals surface area contributed by atoms with Gasteiger partial charge in [0.05, 0.1) is 98.2 Å². The number of ether oxygens (including phenoxy) is 1. The third-order valence-corrected chi connectivity index (χ3v) is 33.4. The molecular formula is C88H72Cl4F3N23O17S8. The molecule has 12 heterocycles. The van der Waals surface area contributed by atoms with Crippen LogP contribution in [0.15, 0.2) is 249 Å². The van der Waals surface area contributed by atoms with Crippen molar-refractivity contribution in [2.24, 2.45) is 10.1 Å². The minimum absolute atomic E-state index is 0.0103. The van der Waals surface area contributed by atoms with Crippen LogP contribution < -0.4 is 77.8 Å². The predicted molar refractivity (Wildman–Crippen MR) is 542 cm³/mol. The molecule has 8 aromatic heterocycles. The number of nitrogens with one attached hydrogen (secondary N) is 11. The first-order valence-corrected chi connectivity index (χ1v) is 52.8. The molecule has 11 N–H and O–H groups in total. The molecule has 55 heteroatoms. The zero-order valence-corrected chi connectivity index (χ0v) is 82.9. The van der Waals surface area contributed by atoms with Crippen molar-refractivity contribution in [3.05, 3.63) is 290 Å². The summed E-state index contributed by atoms with van der Waals surface area (Å²) < 4.78 is 159. The molecule has 19 rings (SSSR count). The lowest BCUT2D eigenvalue weighted by Crippen LogP contribution is -2.34. The van der Waals surface area contributed by atoms with Crippen molar-refractivity contribution in [2.75, 3.05) is 95.1 Å². The molecule has 9 amide bonds. The van der Waals surface area contributed by atoms with Crippen molar-refractivity contribution in [3.8, 4) is 17.1 Å². The first-order valence-electron chi connectivity index (χ1n) is 42.1. The molecule has 7 aromatic carbocycles. The summed E-state index contributed by atoms with van der Waals surface area (Å²) in [5.74, 6) is -2.12. The Balaban J connectivity index is 0.000000137. The summed E-state index contributed by atoms with van der Waals surface area (Å²) >= 11 is 26.1. The van der Waals surface area contributed by atoms with Crippen LogP contribution in [0, 0.1) is 17.5 Å². The monoisotopic (exact) mass is 2180 g/mol. The average Bonchev–Trinajstić information content (AvgIpc) is 0.971. The maximum Gasteiger partial charge on any atom is 0.334 e. The number of aromatic nitrogens is 8. The molecular weight excluding hydrogens is 2110 g/mol. The topological polar surface area (TPSA) is 525 Å². The van der Waals surface area contributed by atoms with Crippen molar-refractivity contribution in [2.45, 2.75) is 48.9 Å². The number of nitrogens with zero attached hydrogens (tertiary/aromatic N) is 12. The number of carbonyl (C=O) groups is 5. The molecule has 0 aliphatic carbocycles. The lowest BCUT2D eigenvalue weighted by atomic mass is 10.1.